The normalized spacial score (nSPS) is 17.9. The maximum atomic E-state index is 11.4. The predicted octanol–water partition coefficient (Wildman–Crippen LogP) is 1.28. The van der Waals surface area contributed by atoms with E-state index in [4.69, 9.17) is 4.74 Å². The second-order valence-corrected chi connectivity index (χ2v) is 5.14. The molecule has 1 aromatic heterocycles. The third kappa shape index (κ3) is 3.26. The zero-order chi connectivity index (χ0) is 14.7. The topological polar surface area (TPSA) is 71.8 Å². The minimum absolute atomic E-state index is 0.00713. The summed E-state index contributed by atoms with van der Waals surface area (Å²) in [4.78, 5) is 24.9. The van der Waals surface area contributed by atoms with Crippen LogP contribution in [0.15, 0.2) is 12.3 Å². The number of carbonyl (C=O) groups excluding carboxylic acids is 1. The molecule has 6 nitrogen and oxygen atoms in total. The number of hydrogen-bond acceptors (Lipinski definition) is 4. The molecule has 1 atom stereocenters. The Balaban J connectivity index is 2.16. The molecule has 0 aliphatic carbocycles. The number of aromatic carboxylic acids is 1. The third-order valence-electron chi connectivity index (χ3n) is 3.58. The Morgan fingerprint density at radius 2 is 2.05 bits per heavy atom. The van der Waals surface area contributed by atoms with Gasteiger partial charge in [-0.25, -0.2) is 4.79 Å². The van der Waals surface area contributed by atoms with Crippen LogP contribution in [0.3, 0.4) is 0 Å². The molecule has 1 unspecified atom stereocenters. The first-order chi connectivity index (χ1) is 9.49. The van der Waals surface area contributed by atoms with Gasteiger partial charge in [-0.15, -0.1) is 0 Å². The van der Waals surface area contributed by atoms with Crippen LogP contribution in [-0.2, 0) is 4.74 Å². The number of aromatic nitrogens is 1. The predicted molar refractivity (Wildman–Crippen MR) is 73.4 cm³/mol. The van der Waals surface area contributed by atoms with E-state index in [0.29, 0.717) is 18.8 Å². The van der Waals surface area contributed by atoms with E-state index < -0.39 is 5.97 Å². The lowest BCUT2D eigenvalue weighted by Gasteiger charge is -2.30. The number of nitrogens with zero attached hydrogens (tertiary/aromatic N) is 2. The van der Waals surface area contributed by atoms with Crippen LogP contribution >= 0.6 is 0 Å². The summed E-state index contributed by atoms with van der Waals surface area (Å²) >= 11 is 0. The molecular weight excluding hydrogens is 260 g/mol. The number of morpholine rings is 1. The minimum atomic E-state index is -1.01. The molecule has 0 amide bonds. The van der Waals surface area contributed by atoms with E-state index in [2.05, 4.69) is 4.90 Å². The Kier molecular flexibility index (Phi) is 4.57. The number of carboxylic acid groups (broad SMARTS) is 1. The highest BCUT2D eigenvalue weighted by Crippen LogP contribution is 2.17. The van der Waals surface area contributed by atoms with Crippen LogP contribution in [0, 0.1) is 0 Å². The van der Waals surface area contributed by atoms with Gasteiger partial charge in [-0.3, -0.25) is 9.69 Å². The molecule has 6 heteroatoms. The molecule has 0 saturated carbocycles. The first-order valence-electron chi connectivity index (χ1n) is 6.75. The fraction of sp³-hybridized carbons (Fsp3) is 0.571. The molecule has 2 rings (SSSR count). The number of Topliss-reactive ketones (excluding diaryl/α,β-unsaturated/α-hetero) is 1. The second-order valence-electron chi connectivity index (χ2n) is 5.14. The Hall–Kier alpha value is -1.66. The smallest absolute Gasteiger partial charge is 0.352 e. The lowest BCUT2D eigenvalue weighted by atomic mass is 10.2. The maximum absolute atomic E-state index is 11.4. The lowest BCUT2D eigenvalue weighted by Crippen LogP contribution is -2.39. The van der Waals surface area contributed by atoms with Gasteiger partial charge in [0.2, 0.25) is 0 Å². The quantitative estimate of drug-likeness (QED) is 0.823. The fourth-order valence-corrected chi connectivity index (χ4v) is 2.45. The summed E-state index contributed by atoms with van der Waals surface area (Å²) in [5, 5.41) is 9.25. The van der Waals surface area contributed by atoms with Crippen molar-refractivity contribution in [2.24, 2.45) is 0 Å². The van der Waals surface area contributed by atoms with Gasteiger partial charge in [0.05, 0.1) is 13.2 Å². The molecule has 1 N–H and O–H groups in total. The van der Waals surface area contributed by atoms with Gasteiger partial charge >= 0.3 is 5.97 Å². The first kappa shape index (κ1) is 14.7. The molecule has 0 aromatic carbocycles. The van der Waals surface area contributed by atoms with Crippen molar-refractivity contribution in [2.75, 3.05) is 32.8 Å². The van der Waals surface area contributed by atoms with Gasteiger partial charge in [0.15, 0.2) is 5.78 Å². The summed E-state index contributed by atoms with van der Waals surface area (Å²) < 4.78 is 6.97. The zero-order valence-electron chi connectivity index (χ0n) is 11.8. The van der Waals surface area contributed by atoms with Gasteiger partial charge in [0.25, 0.3) is 0 Å². The van der Waals surface area contributed by atoms with Crippen LogP contribution < -0.4 is 0 Å². The molecule has 1 aliphatic rings. The van der Waals surface area contributed by atoms with Crippen molar-refractivity contribution in [3.8, 4) is 0 Å². The third-order valence-corrected chi connectivity index (χ3v) is 3.58. The molecular formula is C14H20N2O4. The molecule has 20 heavy (non-hydrogen) atoms. The Morgan fingerprint density at radius 3 is 2.60 bits per heavy atom. The monoisotopic (exact) mass is 280 g/mol. The number of carbonyl (C=O) groups is 2. The number of carboxylic acids is 1. The van der Waals surface area contributed by atoms with Crippen molar-refractivity contribution in [1.29, 1.82) is 0 Å². The average molecular weight is 280 g/mol. The van der Waals surface area contributed by atoms with Crippen molar-refractivity contribution < 1.29 is 19.4 Å². The van der Waals surface area contributed by atoms with Crippen LogP contribution in [-0.4, -0.2) is 59.2 Å². The summed E-state index contributed by atoms with van der Waals surface area (Å²) in [5.41, 5.74) is 0.604. The number of ether oxygens (including phenoxy) is 1. The molecule has 2 heterocycles. The van der Waals surface area contributed by atoms with Crippen molar-refractivity contribution >= 4 is 11.8 Å². The molecule has 110 valence electrons. The highest BCUT2D eigenvalue weighted by atomic mass is 16.5. The van der Waals surface area contributed by atoms with Crippen LogP contribution in [0.1, 0.15) is 40.7 Å². The first-order valence-corrected chi connectivity index (χ1v) is 6.75. The molecule has 1 aliphatic heterocycles. The van der Waals surface area contributed by atoms with Crippen molar-refractivity contribution in [1.82, 2.24) is 9.47 Å². The number of ketones is 1. The SMILES string of the molecule is CC(=O)c1cc(C(=O)O)n(C(C)CN2CCOCC2)c1. The highest BCUT2D eigenvalue weighted by Gasteiger charge is 2.21. The Morgan fingerprint density at radius 1 is 1.40 bits per heavy atom. The van der Waals surface area contributed by atoms with Gasteiger partial charge in [0.1, 0.15) is 5.69 Å². The summed E-state index contributed by atoms with van der Waals surface area (Å²) in [6, 6.07) is 1.44. The average Bonchev–Trinajstić information content (AvgIpc) is 2.85. The van der Waals surface area contributed by atoms with E-state index >= 15 is 0 Å². The summed E-state index contributed by atoms with van der Waals surface area (Å²) in [6.45, 7) is 7.28. The van der Waals surface area contributed by atoms with Gasteiger partial charge in [0, 0.05) is 37.4 Å². The number of hydrogen-bond donors (Lipinski definition) is 1. The van der Waals surface area contributed by atoms with E-state index in [1.807, 2.05) is 6.92 Å². The Bertz CT molecular complexity index is 503. The summed E-state index contributed by atoms with van der Waals surface area (Å²) in [5.74, 6) is -1.13. The van der Waals surface area contributed by atoms with Crippen LogP contribution in [0.25, 0.3) is 0 Å². The van der Waals surface area contributed by atoms with Crippen LogP contribution in [0.4, 0.5) is 0 Å². The van der Waals surface area contributed by atoms with Crippen molar-refractivity contribution in [3.05, 3.63) is 23.5 Å². The second kappa shape index (κ2) is 6.19. The van der Waals surface area contributed by atoms with Gasteiger partial charge in [-0.2, -0.15) is 0 Å². The zero-order valence-corrected chi connectivity index (χ0v) is 11.8. The van der Waals surface area contributed by atoms with E-state index in [0.717, 1.165) is 19.6 Å². The lowest BCUT2D eigenvalue weighted by molar-refractivity contribution is 0.0321. The summed E-state index contributed by atoms with van der Waals surface area (Å²) in [7, 11) is 0. The van der Waals surface area contributed by atoms with Crippen molar-refractivity contribution in [3.63, 3.8) is 0 Å². The van der Waals surface area contributed by atoms with E-state index in [1.165, 1.54) is 13.0 Å². The van der Waals surface area contributed by atoms with E-state index in [1.54, 1.807) is 10.8 Å². The fourth-order valence-electron chi connectivity index (χ4n) is 2.45. The molecule has 1 saturated heterocycles. The van der Waals surface area contributed by atoms with Crippen LogP contribution in [0.5, 0.6) is 0 Å². The summed E-state index contributed by atoms with van der Waals surface area (Å²) in [6.07, 6.45) is 1.64. The van der Waals surface area contributed by atoms with Crippen molar-refractivity contribution in [2.45, 2.75) is 19.9 Å². The van der Waals surface area contributed by atoms with Crippen LogP contribution in [0.2, 0.25) is 0 Å². The standard InChI is InChI=1S/C14H20N2O4/c1-10(8-15-3-5-20-6-4-15)16-9-12(11(2)17)7-13(16)14(18)19/h7,9-10H,3-6,8H2,1-2H3,(H,18,19). The highest BCUT2D eigenvalue weighted by molar-refractivity contribution is 5.97. The largest absolute Gasteiger partial charge is 0.477 e. The molecule has 0 radical (unpaired) electrons. The molecule has 1 aromatic rings. The Labute approximate surface area is 117 Å². The number of rotatable bonds is 5. The molecule has 1 fully saturated rings. The molecule has 0 spiro atoms. The van der Waals surface area contributed by atoms with Gasteiger partial charge in [-0.05, 0) is 19.9 Å². The maximum Gasteiger partial charge on any atom is 0.352 e. The van der Waals surface area contributed by atoms with E-state index in [9.17, 15) is 14.7 Å². The van der Waals surface area contributed by atoms with Gasteiger partial charge in [-0.1, -0.05) is 0 Å². The molecule has 0 bridgehead atoms. The van der Waals surface area contributed by atoms with E-state index in [-0.39, 0.29) is 17.5 Å². The minimum Gasteiger partial charge on any atom is -0.477 e. The van der Waals surface area contributed by atoms with Gasteiger partial charge < -0.3 is 14.4 Å².